The minimum absolute atomic E-state index is 0.0820. The maximum Gasteiger partial charge on any atom is 0.231 e. The molecule has 1 fully saturated rings. The highest BCUT2D eigenvalue weighted by Gasteiger charge is 2.35. The average molecular weight is 444 g/mol. The summed E-state index contributed by atoms with van der Waals surface area (Å²) in [6.07, 6.45) is 2.22. The van der Waals surface area contributed by atoms with Crippen LogP contribution in [-0.2, 0) is 25.8 Å². The fourth-order valence-corrected chi connectivity index (χ4v) is 5.07. The van der Waals surface area contributed by atoms with Crippen molar-refractivity contribution in [2.45, 2.75) is 24.7 Å². The second-order valence-electron chi connectivity index (χ2n) is 7.34. The standard InChI is InChI=1S/C21H21N3O4S2/c1-3-13-4-6-15(7-5-13)24-12-14(10-19(24)25)20(26)23-21-22-17-9-8-16(30(2,27)28)11-18(17)29-21/h4-9,11,14H,3,10,12H2,1-2H3,(H,22,23,26)/t14-/m1/s1. The highest BCUT2D eigenvalue weighted by molar-refractivity contribution is 7.90. The third-order valence-corrected chi connectivity index (χ3v) is 7.21. The lowest BCUT2D eigenvalue weighted by molar-refractivity contribution is -0.122. The molecule has 1 atom stereocenters. The third kappa shape index (κ3) is 4.08. The molecular weight excluding hydrogens is 422 g/mol. The number of carbonyl (C=O) groups excluding carboxylic acids is 2. The van der Waals surface area contributed by atoms with Gasteiger partial charge in [-0.15, -0.1) is 0 Å². The van der Waals surface area contributed by atoms with Crippen LogP contribution >= 0.6 is 11.3 Å². The van der Waals surface area contributed by atoms with Crippen LogP contribution in [0.5, 0.6) is 0 Å². The number of anilines is 2. The van der Waals surface area contributed by atoms with Crippen molar-refractivity contribution < 1.29 is 18.0 Å². The summed E-state index contributed by atoms with van der Waals surface area (Å²) in [5.41, 5.74) is 2.60. The number of hydrogen-bond acceptors (Lipinski definition) is 6. The molecule has 1 aliphatic heterocycles. The van der Waals surface area contributed by atoms with Gasteiger partial charge in [0.05, 0.1) is 21.0 Å². The zero-order valence-electron chi connectivity index (χ0n) is 16.6. The number of sulfone groups is 1. The largest absolute Gasteiger partial charge is 0.312 e. The molecule has 1 N–H and O–H groups in total. The first-order valence-corrected chi connectivity index (χ1v) is 12.3. The van der Waals surface area contributed by atoms with E-state index in [1.165, 1.54) is 23.0 Å². The molecule has 0 aliphatic carbocycles. The summed E-state index contributed by atoms with van der Waals surface area (Å²) < 4.78 is 24.1. The molecule has 0 spiro atoms. The number of nitrogens with one attached hydrogen (secondary N) is 1. The minimum Gasteiger partial charge on any atom is -0.312 e. The molecule has 3 aromatic rings. The van der Waals surface area contributed by atoms with Crippen LogP contribution in [0.2, 0.25) is 0 Å². The highest BCUT2D eigenvalue weighted by Crippen LogP contribution is 2.30. The summed E-state index contributed by atoms with van der Waals surface area (Å²) in [6, 6.07) is 12.5. The number of hydrogen-bond donors (Lipinski definition) is 1. The molecule has 0 saturated carbocycles. The van der Waals surface area contributed by atoms with E-state index in [9.17, 15) is 18.0 Å². The van der Waals surface area contributed by atoms with Gasteiger partial charge in [0, 0.05) is 24.9 Å². The lowest BCUT2D eigenvalue weighted by Gasteiger charge is -2.17. The Morgan fingerprint density at radius 1 is 1.23 bits per heavy atom. The van der Waals surface area contributed by atoms with Crippen molar-refractivity contribution in [3.05, 3.63) is 48.0 Å². The second kappa shape index (κ2) is 7.81. The average Bonchev–Trinajstić information content (AvgIpc) is 3.29. The molecule has 2 amide bonds. The summed E-state index contributed by atoms with van der Waals surface area (Å²) in [4.78, 5) is 31.4. The Bertz CT molecular complexity index is 1230. The van der Waals surface area contributed by atoms with Gasteiger partial charge in [-0.1, -0.05) is 30.4 Å². The Morgan fingerprint density at radius 2 is 1.97 bits per heavy atom. The molecule has 4 rings (SSSR count). The van der Waals surface area contributed by atoms with Crippen molar-refractivity contribution in [2.24, 2.45) is 5.92 Å². The summed E-state index contributed by atoms with van der Waals surface area (Å²) in [5, 5.41) is 3.17. The number of rotatable bonds is 5. The van der Waals surface area contributed by atoms with Crippen molar-refractivity contribution in [3.8, 4) is 0 Å². The van der Waals surface area contributed by atoms with Crippen molar-refractivity contribution in [1.29, 1.82) is 0 Å². The monoisotopic (exact) mass is 443 g/mol. The highest BCUT2D eigenvalue weighted by atomic mass is 32.2. The van der Waals surface area contributed by atoms with Crippen LogP contribution in [0.4, 0.5) is 10.8 Å². The lowest BCUT2D eigenvalue weighted by Crippen LogP contribution is -2.28. The van der Waals surface area contributed by atoms with Crippen LogP contribution < -0.4 is 10.2 Å². The van der Waals surface area contributed by atoms with Gasteiger partial charge in [0.15, 0.2) is 15.0 Å². The van der Waals surface area contributed by atoms with Crippen molar-refractivity contribution in [1.82, 2.24) is 4.98 Å². The summed E-state index contributed by atoms with van der Waals surface area (Å²) in [6.45, 7) is 2.39. The van der Waals surface area contributed by atoms with E-state index in [-0.39, 0.29) is 23.1 Å². The van der Waals surface area contributed by atoms with E-state index in [4.69, 9.17) is 0 Å². The van der Waals surface area contributed by atoms with Crippen LogP contribution in [0, 0.1) is 5.92 Å². The maximum atomic E-state index is 12.7. The van der Waals surface area contributed by atoms with Crippen LogP contribution in [0.3, 0.4) is 0 Å². The number of nitrogens with zero attached hydrogens (tertiary/aromatic N) is 2. The molecule has 7 nitrogen and oxygen atoms in total. The SMILES string of the molecule is CCc1ccc(N2C[C@H](C(=O)Nc3nc4ccc(S(C)(=O)=O)cc4s3)CC2=O)cc1. The number of aryl methyl sites for hydroxylation is 1. The molecule has 0 bridgehead atoms. The van der Waals surface area contributed by atoms with Gasteiger partial charge in [0.1, 0.15) is 0 Å². The van der Waals surface area contributed by atoms with Gasteiger partial charge >= 0.3 is 0 Å². The van der Waals surface area contributed by atoms with Gasteiger partial charge in [0.25, 0.3) is 0 Å². The van der Waals surface area contributed by atoms with Crippen LogP contribution in [-0.4, -0.2) is 38.0 Å². The van der Waals surface area contributed by atoms with Gasteiger partial charge in [0.2, 0.25) is 11.8 Å². The van der Waals surface area contributed by atoms with E-state index in [1.807, 2.05) is 24.3 Å². The fraction of sp³-hybridized carbons (Fsp3) is 0.286. The zero-order chi connectivity index (χ0) is 21.5. The molecule has 1 saturated heterocycles. The van der Waals surface area contributed by atoms with Crippen molar-refractivity contribution in [2.75, 3.05) is 23.0 Å². The quantitative estimate of drug-likeness (QED) is 0.653. The molecule has 2 aromatic carbocycles. The number of fused-ring (bicyclic) bond motifs is 1. The molecule has 9 heteroatoms. The molecule has 156 valence electrons. The Kier molecular flexibility index (Phi) is 5.33. The van der Waals surface area contributed by atoms with Gasteiger partial charge in [-0.3, -0.25) is 9.59 Å². The maximum absolute atomic E-state index is 12.7. The van der Waals surface area contributed by atoms with E-state index < -0.39 is 15.8 Å². The summed E-state index contributed by atoms with van der Waals surface area (Å²) in [7, 11) is -3.32. The molecule has 1 aromatic heterocycles. The van der Waals surface area contributed by atoms with E-state index in [0.29, 0.717) is 21.9 Å². The van der Waals surface area contributed by atoms with Crippen molar-refractivity contribution >= 4 is 54.0 Å². The van der Waals surface area contributed by atoms with Crippen LogP contribution in [0.1, 0.15) is 18.9 Å². The number of amides is 2. The first kappa shape index (κ1) is 20.5. The lowest BCUT2D eigenvalue weighted by atomic mass is 10.1. The number of aromatic nitrogens is 1. The predicted octanol–water partition coefficient (Wildman–Crippen LogP) is 3.25. The van der Waals surface area contributed by atoms with Gasteiger partial charge in [-0.25, -0.2) is 13.4 Å². The first-order valence-electron chi connectivity index (χ1n) is 9.55. The third-order valence-electron chi connectivity index (χ3n) is 5.17. The van der Waals surface area contributed by atoms with Gasteiger partial charge in [-0.2, -0.15) is 0 Å². The van der Waals surface area contributed by atoms with E-state index in [1.54, 1.807) is 17.0 Å². The second-order valence-corrected chi connectivity index (χ2v) is 10.4. The topological polar surface area (TPSA) is 96.4 Å². The Labute approximate surface area is 178 Å². The smallest absolute Gasteiger partial charge is 0.231 e. The molecule has 2 heterocycles. The van der Waals surface area contributed by atoms with E-state index in [0.717, 1.165) is 18.4 Å². The summed E-state index contributed by atoms with van der Waals surface area (Å²) >= 11 is 1.21. The summed E-state index contributed by atoms with van der Waals surface area (Å²) in [5.74, 6) is -0.818. The Balaban J connectivity index is 1.48. The predicted molar refractivity (Wildman–Crippen MR) is 118 cm³/mol. The molecule has 1 aliphatic rings. The van der Waals surface area contributed by atoms with E-state index in [2.05, 4.69) is 17.2 Å². The van der Waals surface area contributed by atoms with Crippen LogP contribution in [0.15, 0.2) is 47.4 Å². The van der Waals surface area contributed by atoms with Crippen molar-refractivity contribution in [3.63, 3.8) is 0 Å². The fourth-order valence-electron chi connectivity index (χ4n) is 3.44. The number of carbonyl (C=O) groups is 2. The molecule has 0 unspecified atom stereocenters. The Hall–Kier alpha value is -2.78. The minimum atomic E-state index is -3.32. The molecule has 0 radical (unpaired) electrons. The normalized spacial score (nSPS) is 16.9. The van der Waals surface area contributed by atoms with E-state index >= 15 is 0 Å². The van der Waals surface area contributed by atoms with Gasteiger partial charge < -0.3 is 10.2 Å². The molecule has 30 heavy (non-hydrogen) atoms. The van der Waals surface area contributed by atoms with Gasteiger partial charge in [-0.05, 0) is 42.3 Å². The number of benzene rings is 2. The zero-order valence-corrected chi connectivity index (χ0v) is 18.2. The molecular formula is C21H21N3O4S2. The van der Waals surface area contributed by atoms with Crippen LogP contribution in [0.25, 0.3) is 10.2 Å². The number of thiazole rings is 1. The first-order chi connectivity index (χ1) is 14.2. The Morgan fingerprint density at radius 3 is 2.63 bits per heavy atom.